The fourth-order valence-corrected chi connectivity index (χ4v) is 4.43. The third-order valence-electron chi connectivity index (χ3n) is 3.75. The van der Waals surface area contributed by atoms with Crippen LogP contribution >= 0.6 is 0 Å². The molecular formula is C13H20N2O2S. The van der Waals surface area contributed by atoms with Gasteiger partial charge in [-0.3, -0.25) is 0 Å². The number of nitrogens with zero attached hydrogens (tertiary/aromatic N) is 1. The van der Waals surface area contributed by atoms with E-state index in [0.717, 1.165) is 16.8 Å². The Labute approximate surface area is 109 Å². The molecule has 0 bridgehead atoms. The Balaban J connectivity index is 2.63. The van der Waals surface area contributed by atoms with Crippen molar-refractivity contribution in [3.8, 4) is 0 Å². The smallest absolute Gasteiger partial charge is 0.182 e. The number of sulfone groups is 1. The summed E-state index contributed by atoms with van der Waals surface area (Å²) in [4.78, 5) is 2.57. The summed E-state index contributed by atoms with van der Waals surface area (Å²) in [6.45, 7) is 4.67. The molecule has 1 atom stereocenters. The number of benzene rings is 1. The molecule has 0 amide bonds. The monoisotopic (exact) mass is 268 g/mol. The predicted octanol–water partition coefficient (Wildman–Crippen LogP) is 1.11. The van der Waals surface area contributed by atoms with Crippen LogP contribution in [0.5, 0.6) is 0 Å². The van der Waals surface area contributed by atoms with Crippen LogP contribution in [0.4, 0.5) is 5.69 Å². The van der Waals surface area contributed by atoms with Crippen molar-refractivity contribution >= 4 is 15.5 Å². The standard InChI is InChI=1S/C13H20N2O2S/c1-9-5-6-12-13(10(9)2)15(4)11(7-14-3)8-18(12,16)17/h5-6,11,14H,7-8H2,1-4H3. The highest BCUT2D eigenvalue weighted by Gasteiger charge is 2.34. The molecule has 0 radical (unpaired) electrons. The molecule has 2 rings (SSSR count). The van der Waals surface area contributed by atoms with Crippen LogP contribution in [0, 0.1) is 13.8 Å². The van der Waals surface area contributed by atoms with Crippen LogP contribution in [-0.2, 0) is 9.84 Å². The zero-order valence-corrected chi connectivity index (χ0v) is 12.1. The summed E-state index contributed by atoms with van der Waals surface area (Å²) in [5, 5.41) is 3.06. The molecule has 5 heteroatoms. The summed E-state index contributed by atoms with van der Waals surface area (Å²) in [6, 6.07) is 3.62. The lowest BCUT2D eigenvalue weighted by Gasteiger charge is -2.37. The van der Waals surface area contributed by atoms with E-state index < -0.39 is 9.84 Å². The SMILES string of the molecule is CNCC1CS(=O)(=O)c2ccc(C)c(C)c2N1C. The number of nitrogens with one attached hydrogen (secondary N) is 1. The summed E-state index contributed by atoms with van der Waals surface area (Å²) >= 11 is 0. The summed E-state index contributed by atoms with van der Waals surface area (Å²) in [7, 11) is 0.653. The number of hydrogen-bond donors (Lipinski definition) is 1. The molecule has 0 saturated heterocycles. The molecule has 0 spiro atoms. The van der Waals surface area contributed by atoms with E-state index in [0.29, 0.717) is 11.4 Å². The lowest BCUT2D eigenvalue weighted by Crippen LogP contribution is -2.47. The van der Waals surface area contributed by atoms with Crippen LogP contribution in [0.2, 0.25) is 0 Å². The molecule has 100 valence electrons. The van der Waals surface area contributed by atoms with Gasteiger partial charge in [0.2, 0.25) is 0 Å². The van der Waals surface area contributed by atoms with Crippen molar-refractivity contribution in [3.05, 3.63) is 23.3 Å². The zero-order chi connectivity index (χ0) is 13.5. The first-order valence-corrected chi connectivity index (χ1v) is 7.74. The first-order chi connectivity index (χ1) is 8.38. The highest BCUT2D eigenvalue weighted by Crippen LogP contribution is 2.36. The Morgan fingerprint density at radius 1 is 1.39 bits per heavy atom. The third-order valence-corrected chi connectivity index (χ3v) is 5.58. The Bertz CT molecular complexity index is 567. The Kier molecular flexibility index (Phi) is 3.38. The predicted molar refractivity (Wildman–Crippen MR) is 74.1 cm³/mol. The molecule has 18 heavy (non-hydrogen) atoms. The zero-order valence-electron chi connectivity index (χ0n) is 11.3. The first-order valence-electron chi connectivity index (χ1n) is 6.09. The van der Waals surface area contributed by atoms with Gasteiger partial charge in [0.25, 0.3) is 0 Å². The van der Waals surface area contributed by atoms with Crippen LogP contribution in [-0.4, -0.2) is 40.9 Å². The van der Waals surface area contributed by atoms with E-state index >= 15 is 0 Å². The van der Waals surface area contributed by atoms with Crippen molar-refractivity contribution in [3.63, 3.8) is 0 Å². The second-order valence-corrected chi connectivity index (χ2v) is 6.96. The van der Waals surface area contributed by atoms with Crippen molar-refractivity contribution < 1.29 is 8.42 Å². The van der Waals surface area contributed by atoms with Gasteiger partial charge < -0.3 is 10.2 Å². The highest BCUT2D eigenvalue weighted by atomic mass is 32.2. The van der Waals surface area contributed by atoms with Gasteiger partial charge in [0, 0.05) is 13.6 Å². The summed E-state index contributed by atoms with van der Waals surface area (Å²) < 4.78 is 24.6. The van der Waals surface area contributed by atoms with E-state index in [9.17, 15) is 8.42 Å². The van der Waals surface area contributed by atoms with Gasteiger partial charge in [-0.25, -0.2) is 8.42 Å². The van der Waals surface area contributed by atoms with Crippen molar-refractivity contribution in [1.29, 1.82) is 0 Å². The number of anilines is 1. The second kappa shape index (κ2) is 4.55. The van der Waals surface area contributed by atoms with Crippen LogP contribution < -0.4 is 10.2 Å². The third kappa shape index (κ3) is 2.01. The molecule has 1 heterocycles. The summed E-state index contributed by atoms with van der Waals surface area (Å²) in [6.07, 6.45) is 0. The Morgan fingerprint density at radius 3 is 2.67 bits per heavy atom. The molecule has 1 aromatic rings. The number of rotatable bonds is 2. The largest absolute Gasteiger partial charge is 0.368 e. The molecule has 0 fully saturated rings. The summed E-state index contributed by atoms with van der Waals surface area (Å²) in [5.74, 6) is 0.180. The average Bonchev–Trinajstić information content (AvgIpc) is 2.29. The maximum Gasteiger partial charge on any atom is 0.182 e. The lowest BCUT2D eigenvalue weighted by molar-refractivity contribution is 0.560. The van der Waals surface area contributed by atoms with Crippen molar-refractivity contribution in [1.82, 2.24) is 5.32 Å². The molecule has 1 aliphatic rings. The maximum atomic E-state index is 12.3. The minimum Gasteiger partial charge on any atom is -0.368 e. The fourth-order valence-electron chi connectivity index (χ4n) is 2.53. The molecule has 0 aromatic heterocycles. The van der Waals surface area contributed by atoms with Crippen molar-refractivity contribution in [2.45, 2.75) is 24.8 Å². The van der Waals surface area contributed by atoms with Crippen molar-refractivity contribution in [2.75, 3.05) is 31.3 Å². The lowest BCUT2D eigenvalue weighted by atomic mass is 10.1. The second-order valence-electron chi connectivity index (χ2n) is 4.96. The molecule has 1 unspecified atom stereocenters. The van der Waals surface area contributed by atoms with Crippen LogP contribution in [0.1, 0.15) is 11.1 Å². The van der Waals surface area contributed by atoms with Gasteiger partial charge in [0.05, 0.1) is 22.4 Å². The van der Waals surface area contributed by atoms with Gasteiger partial charge >= 0.3 is 0 Å². The highest BCUT2D eigenvalue weighted by molar-refractivity contribution is 7.91. The number of aryl methyl sites for hydroxylation is 1. The van der Waals surface area contributed by atoms with E-state index in [4.69, 9.17) is 0 Å². The van der Waals surface area contributed by atoms with Gasteiger partial charge in [0.15, 0.2) is 9.84 Å². The molecule has 4 nitrogen and oxygen atoms in total. The summed E-state index contributed by atoms with van der Waals surface area (Å²) in [5.41, 5.74) is 3.04. The fraction of sp³-hybridized carbons (Fsp3) is 0.538. The molecule has 1 aliphatic heterocycles. The topological polar surface area (TPSA) is 49.4 Å². The minimum atomic E-state index is -3.17. The maximum absolute atomic E-state index is 12.3. The molecular weight excluding hydrogens is 248 g/mol. The van der Waals surface area contributed by atoms with Crippen LogP contribution in [0.3, 0.4) is 0 Å². The number of hydrogen-bond acceptors (Lipinski definition) is 4. The van der Waals surface area contributed by atoms with E-state index in [1.807, 2.05) is 34.0 Å². The van der Waals surface area contributed by atoms with Gasteiger partial charge in [0.1, 0.15) is 0 Å². The molecule has 1 N–H and O–H groups in total. The average molecular weight is 268 g/mol. The van der Waals surface area contributed by atoms with E-state index in [1.165, 1.54) is 0 Å². The number of fused-ring (bicyclic) bond motifs is 1. The van der Waals surface area contributed by atoms with Crippen LogP contribution in [0.25, 0.3) is 0 Å². The van der Waals surface area contributed by atoms with Crippen LogP contribution in [0.15, 0.2) is 17.0 Å². The Hall–Kier alpha value is -1.07. The van der Waals surface area contributed by atoms with Crippen molar-refractivity contribution in [2.24, 2.45) is 0 Å². The first kappa shape index (κ1) is 13.4. The van der Waals surface area contributed by atoms with E-state index in [2.05, 4.69) is 10.2 Å². The molecule has 1 aromatic carbocycles. The van der Waals surface area contributed by atoms with E-state index in [-0.39, 0.29) is 11.8 Å². The molecule has 0 saturated carbocycles. The normalized spacial score (nSPS) is 21.8. The number of likely N-dealkylation sites (N-methyl/N-ethyl adjacent to an activating group) is 2. The van der Waals surface area contributed by atoms with E-state index in [1.54, 1.807) is 6.07 Å². The minimum absolute atomic E-state index is 0.00648. The van der Waals surface area contributed by atoms with Gasteiger partial charge in [-0.1, -0.05) is 6.07 Å². The quantitative estimate of drug-likeness (QED) is 0.873. The van der Waals surface area contributed by atoms with Gasteiger partial charge in [-0.05, 0) is 38.1 Å². The van der Waals surface area contributed by atoms with Gasteiger partial charge in [-0.2, -0.15) is 0 Å². The molecule has 0 aliphatic carbocycles. The van der Waals surface area contributed by atoms with Gasteiger partial charge in [-0.15, -0.1) is 0 Å². The Morgan fingerprint density at radius 2 is 2.06 bits per heavy atom.